The summed E-state index contributed by atoms with van der Waals surface area (Å²) in [7, 11) is -1.04. The quantitative estimate of drug-likeness (QED) is 0.311. The van der Waals surface area contributed by atoms with E-state index in [1.54, 1.807) is 0 Å². The van der Waals surface area contributed by atoms with Gasteiger partial charge in [-0.2, -0.15) is 0 Å². The van der Waals surface area contributed by atoms with E-state index >= 15 is 0 Å². The Morgan fingerprint density at radius 3 is 1.67 bits per heavy atom. The molecule has 6 heteroatoms. The molecular weight excluding hydrogens is 93.9 g/mol. The molecule has 0 aliphatic carbocycles. The Balaban J connectivity index is 0. The van der Waals surface area contributed by atoms with Crippen LogP contribution in [0.1, 0.15) is 0 Å². The van der Waals surface area contributed by atoms with Crippen LogP contribution in [-0.4, -0.2) is 38.4 Å². The second-order valence-electron chi connectivity index (χ2n) is 0.524. The van der Waals surface area contributed by atoms with Crippen molar-refractivity contribution in [3.63, 3.8) is 0 Å². The third-order valence-corrected chi connectivity index (χ3v) is 0.192. The van der Waals surface area contributed by atoms with E-state index in [2.05, 4.69) is 4.57 Å². The van der Waals surface area contributed by atoms with Crippen molar-refractivity contribution in [2.75, 3.05) is 0 Å². The summed E-state index contributed by atoms with van der Waals surface area (Å²) in [4.78, 5) is 0. The van der Waals surface area contributed by atoms with Gasteiger partial charge in [0.05, 0.1) is 0 Å². The largest absolute Gasteiger partial charge is 2.00 e. The molecule has 0 saturated heterocycles. The van der Waals surface area contributed by atoms with Gasteiger partial charge in [0.2, 0.25) is 8.05 Å². The van der Waals surface area contributed by atoms with Crippen LogP contribution < -0.4 is 10.0 Å². The van der Waals surface area contributed by atoms with E-state index in [-0.39, 0.29) is 23.1 Å². The summed E-state index contributed by atoms with van der Waals surface area (Å²) in [5, 5.41) is 18.2. The van der Waals surface area contributed by atoms with E-state index in [0.29, 0.717) is 0 Å². The van der Waals surface area contributed by atoms with Gasteiger partial charge in [-0.05, 0) is 0 Å². The van der Waals surface area contributed by atoms with Crippen LogP contribution in [0, 0.1) is 0 Å². The van der Waals surface area contributed by atoms with Crippen molar-refractivity contribution < 1.29 is 14.6 Å². The van der Waals surface area contributed by atoms with Crippen molar-refractivity contribution >= 4 is 38.4 Å². The minimum atomic E-state index is -2.12. The van der Waals surface area contributed by atoms with E-state index in [9.17, 15) is 0 Å². The first-order chi connectivity index (χ1) is 2.27. The molecule has 0 aliphatic heterocycles. The van der Waals surface area contributed by atoms with Gasteiger partial charge in [0.15, 0.2) is 0 Å². The van der Waals surface area contributed by atoms with Crippen molar-refractivity contribution in [3.05, 3.63) is 0 Å². The Kier molecular flexibility index (Phi) is 9.54. The fourth-order valence-corrected chi connectivity index (χ4v) is 0. The van der Waals surface area contributed by atoms with Crippen molar-refractivity contribution in [2.45, 2.75) is 0 Å². The second-order valence-corrected chi connectivity index (χ2v) is 0.524. The third kappa shape index (κ3) is 8.84. The smallest absolute Gasteiger partial charge is 0.872 e. The Hall–Kier alpha value is 0.776. The minimum absolute atomic E-state index is 0. The van der Waals surface area contributed by atoms with Gasteiger partial charge in [-0.1, -0.05) is 0 Å². The molecule has 0 fully saturated rings. The normalized spacial score (nSPS) is 6.33. The molecule has 6 heavy (non-hydrogen) atoms. The Morgan fingerprint density at radius 1 is 1.50 bits per heavy atom. The van der Waals surface area contributed by atoms with Crippen molar-refractivity contribution in [3.8, 4) is 0 Å². The minimum Gasteiger partial charge on any atom is -0.872 e. The summed E-state index contributed by atoms with van der Waals surface area (Å²) < 4.78 is 3.64. The molecule has 0 N–H and O–H groups in total. The van der Waals surface area contributed by atoms with Gasteiger partial charge >= 0.3 is 23.1 Å². The Labute approximate surface area is 53.5 Å². The first-order valence-corrected chi connectivity index (χ1v) is 1.12. The molecule has 0 heterocycles. The van der Waals surface area contributed by atoms with Crippen molar-refractivity contribution in [1.82, 2.24) is 0 Å². The van der Waals surface area contributed by atoms with Crippen LogP contribution in [0.15, 0.2) is 0 Å². The standard InChI is InChI=1S/B2H2O3.Mg/c1-5-2(3)4;/h1H2;/q-2;+2. The predicted octanol–water partition coefficient (Wildman–Crippen LogP) is -4.12. The topological polar surface area (TPSA) is 55.3 Å². The molecule has 0 amide bonds. The number of hydrogen-bond acceptors (Lipinski definition) is 3. The van der Waals surface area contributed by atoms with E-state index in [1.807, 2.05) is 0 Å². The van der Waals surface area contributed by atoms with Crippen LogP contribution in [0.3, 0.4) is 0 Å². The first kappa shape index (κ1) is 9.91. The van der Waals surface area contributed by atoms with Gasteiger partial charge in [0, 0.05) is 7.32 Å². The molecule has 0 aromatic heterocycles. The second kappa shape index (κ2) is 5.78. The molecule has 0 bridgehead atoms. The van der Waals surface area contributed by atoms with Crippen LogP contribution in [0.2, 0.25) is 0 Å². The summed E-state index contributed by atoms with van der Waals surface area (Å²) >= 11 is 0. The number of rotatable bonds is 1. The van der Waals surface area contributed by atoms with Crippen LogP contribution in [0.5, 0.6) is 0 Å². The van der Waals surface area contributed by atoms with Crippen LogP contribution in [0.4, 0.5) is 0 Å². The molecule has 3 nitrogen and oxygen atoms in total. The van der Waals surface area contributed by atoms with Gasteiger partial charge in [-0.3, -0.25) is 0 Å². The molecular formula is H2B2MgO3. The van der Waals surface area contributed by atoms with Crippen molar-refractivity contribution in [2.24, 2.45) is 0 Å². The summed E-state index contributed by atoms with van der Waals surface area (Å²) in [6.45, 7) is 0. The molecule has 0 rings (SSSR count). The summed E-state index contributed by atoms with van der Waals surface area (Å²) in [6.07, 6.45) is 0. The summed E-state index contributed by atoms with van der Waals surface area (Å²) in [6, 6.07) is 0. The van der Waals surface area contributed by atoms with Gasteiger partial charge in [-0.15, -0.1) is 0 Å². The zero-order chi connectivity index (χ0) is 4.28. The molecule has 0 radical (unpaired) electrons. The zero-order valence-corrected chi connectivity index (χ0v) is 4.92. The molecule has 0 saturated carbocycles. The zero-order valence-electron chi connectivity index (χ0n) is 3.51. The maximum atomic E-state index is 9.12. The Bertz CT molecular complexity index is 22.8. The van der Waals surface area contributed by atoms with Crippen LogP contribution >= 0.6 is 0 Å². The van der Waals surface area contributed by atoms with Crippen LogP contribution in [-0.2, 0) is 4.57 Å². The molecule has 0 aromatic rings. The third-order valence-electron chi connectivity index (χ3n) is 0.192. The fraction of sp³-hybridized carbons (Fsp3) is 0. The molecule has 28 valence electrons. The van der Waals surface area contributed by atoms with E-state index in [0.717, 1.165) is 8.05 Å². The van der Waals surface area contributed by atoms with Gasteiger partial charge < -0.3 is 14.6 Å². The Morgan fingerprint density at radius 2 is 1.67 bits per heavy atom. The average molecular weight is 95.9 g/mol. The monoisotopic (exact) mass is 96.0 g/mol. The maximum Gasteiger partial charge on any atom is 2.00 e. The number of hydrogen-bond donors (Lipinski definition) is 0. The van der Waals surface area contributed by atoms with Crippen LogP contribution in [0.25, 0.3) is 0 Å². The van der Waals surface area contributed by atoms with Gasteiger partial charge in [-0.25, -0.2) is 0 Å². The molecule has 0 spiro atoms. The summed E-state index contributed by atoms with van der Waals surface area (Å²) in [5.41, 5.74) is 0. The molecule has 0 unspecified atom stereocenters. The first-order valence-electron chi connectivity index (χ1n) is 1.12. The SMILES string of the molecule is BOB([O-])[O-].[Mg+2]. The average Bonchev–Trinajstić information content (AvgIpc) is 1.38. The molecule has 0 aromatic carbocycles. The van der Waals surface area contributed by atoms with E-state index < -0.39 is 7.32 Å². The molecule has 0 atom stereocenters. The van der Waals surface area contributed by atoms with Gasteiger partial charge in [0.25, 0.3) is 0 Å². The fourth-order valence-electron chi connectivity index (χ4n) is 0. The molecule has 0 aliphatic rings. The summed E-state index contributed by atoms with van der Waals surface area (Å²) in [5.74, 6) is 0. The van der Waals surface area contributed by atoms with E-state index in [4.69, 9.17) is 10.0 Å². The maximum absolute atomic E-state index is 9.12. The van der Waals surface area contributed by atoms with Crippen molar-refractivity contribution in [1.29, 1.82) is 0 Å². The van der Waals surface area contributed by atoms with Gasteiger partial charge in [0.1, 0.15) is 0 Å². The predicted molar refractivity (Wildman–Crippen MR) is 21.1 cm³/mol. The van der Waals surface area contributed by atoms with E-state index in [1.165, 1.54) is 0 Å².